The second kappa shape index (κ2) is 8.55. The summed E-state index contributed by atoms with van der Waals surface area (Å²) in [4.78, 5) is 33.4. The topological polar surface area (TPSA) is 75.9 Å². The maximum absolute atomic E-state index is 13.8. The molecule has 0 radical (unpaired) electrons. The summed E-state index contributed by atoms with van der Waals surface area (Å²) >= 11 is 0. The van der Waals surface area contributed by atoms with Gasteiger partial charge in [0.1, 0.15) is 11.6 Å². The molecule has 0 unspecified atom stereocenters. The van der Waals surface area contributed by atoms with E-state index in [4.69, 9.17) is 9.15 Å². The highest BCUT2D eigenvalue weighted by molar-refractivity contribution is 5.94. The molecule has 3 heterocycles. The summed E-state index contributed by atoms with van der Waals surface area (Å²) in [6.07, 6.45) is 1.37. The quantitative estimate of drug-likeness (QED) is 0.771. The highest BCUT2D eigenvalue weighted by Gasteiger charge is 2.30. The van der Waals surface area contributed by atoms with E-state index in [1.807, 2.05) is 0 Å². The summed E-state index contributed by atoms with van der Waals surface area (Å²) < 4.78 is 24.9. The van der Waals surface area contributed by atoms with Gasteiger partial charge in [0.15, 0.2) is 11.6 Å². The van der Waals surface area contributed by atoms with Crippen molar-refractivity contribution in [3.63, 3.8) is 0 Å². The number of nitrogens with zero attached hydrogens (tertiary/aromatic N) is 3. The van der Waals surface area contributed by atoms with Gasteiger partial charge in [0.2, 0.25) is 0 Å². The Hall–Kier alpha value is -2.74. The number of carbonyl (C=O) groups excluding carboxylic acids is 2. The molecule has 2 aliphatic heterocycles. The number of hydrogen-bond donors (Lipinski definition) is 0. The Morgan fingerprint density at radius 2 is 1.70 bits per heavy atom. The van der Waals surface area contributed by atoms with Crippen molar-refractivity contribution in [1.82, 2.24) is 14.8 Å². The number of halogens is 1. The van der Waals surface area contributed by atoms with E-state index in [0.717, 1.165) is 0 Å². The summed E-state index contributed by atoms with van der Waals surface area (Å²) in [6.45, 7) is 6.68. The zero-order valence-corrected chi connectivity index (χ0v) is 17.3. The lowest BCUT2D eigenvalue weighted by atomic mass is 9.96. The van der Waals surface area contributed by atoms with Gasteiger partial charge in [-0.3, -0.25) is 9.59 Å². The van der Waals surface area contributed by atoms with Crippen molar-refractivity contribution in [2.45, 2.75) is 32.6 Å². The summed E-state index contributed by atoms with van der Waals surface area (Å²) in [7, 11) is 0. The molecule has 2 aromatic rings. The maximum Gasteiger partial charge on any atom is 0.276 e. The lowest BCUT2D eigenvalue weighted by molar-refractivity contribution is 0.0298. The van der Waals surface area contributed by atoms with Crippen LogP contribution in [0.25, 0.3) is 0 Å². The highest BCUT2D eigenvalue weighted by atomic mass is 19.1. The molecule has 0 bridgehead atoms. The van der Waals surface area contributed by atoms with E-state index < -0.39 is 0 Å². The molecule has 2 fully saturated rings. The van der Waals surface area contributed by atoms with E-state index in [0.29, 0.717) is 80.7 Å². The molecule has 1 aromatic carbocycles. The molecule has 0 spiro atoms. The Kier molecular flexibility index (Phi) is 5.85. The van der Waals surface area contributed by atoms with E-state index in [-0.39, 0.29) is 23.5 Å². The zero-order chi connectivity index (χ0) is 21.3. The van der Waals surface area contributed by atoms with Crippen molar-refractivity contribution < 1.29 is 23.1 Å². The number of hydrogen-bond acceptors (Lipinski definition) is 5. The molecule has 30 heavy (non-hydrogen) atoms. The van der Waals surface area contributed by atoms with Crippen LogP contribution in [0.2, 0.25) is 0 Å². The summed E-state index contributed by atoms with van der Waals surface area (Å²) in [5.41, 5.74) is 1.24. The van der Waals surface area contributed by atoms with Crippen molar-refractivity contribution in [2.24, 2.45) is 0 Å². The van der Waals surface area contributed by atoms with Crippen LogP contribution in [-0.4, -0.2) is 66.0 Å². The number of aryl methyl sites for hydroxylation is 2. The first-order valence-electron chi connectivity index (χ1n) is 10.3. The number of amides is 2. The zero-order valence-electron chi connectivity index (χ0n) is 17.3. The number of rotatable bonds is 3. The van der Waals surface area contributed by atoms with E-state index in [2.05, 4.69) is 4.98 Å². The molecule has 2 aliphatic rings. The number of carbonyl (C=O) groups is 2. The van der Waals surface area contributed by atoms with Crippen molar-refractivity contribution in [1.29, 1.82) is 0 Å². The second-order valence-electron chi connectivity index (χ2n) is 7.89. The standard InChI is InChI=1S/C22H26FN3O4/c1-14-3-4-17(13-18(14)23)21(27)25-7-5-16(6-8-25)20-24-19(15(2)30-20)22(28)26-9-11-29-12-10-26/h3-4,13,16H,5-12H2,1-2H3. The van der Waals surface area contributed by atoms with Gasteiger partial charge in [-0.25, -0.2) is 9.37 Å². The third-order valence-electron chi connectivity index (χ3n) is 5.86. The van der Waals surface area contributed by atoms with Crippen molar-refractivity contribution in [3.05, 3.63) is 52.5 Å². The third-order valence-corrected chi connectivity index (χ3v) is 5.86. The Bertz CT molecular complexity index is 944. The Balaban J connectivity index is 1.40. The van der Waals surface area contributed by atoms with Crippen LogP contribution >= 0.6 is 0 Å². The van der Waals surface area contributed by atoms with Gasteiger partial charge in [0.25, 0.3) is 11.8 Å². The third kappa shape index (κ3) is 4.09. The van der Waals surface area contributed by atoms with Gasteiger partial charge in [0.05, 0.1) is 13.2 Å². The minimum Gasteiger partial charge on any atom is -0.445 e. The van der Waals surface area contributed by atoms with Gasteiger partial charge in [-0.1, -0.05) is 6.07 Å². The fourth-order valence-corrected chi connectivity index (χ4v) is 3.94. The lowest BCUT2D eigenvalue weighted by Crippen LogP contribution is -2.41. The van der Waals surface area contributed by atoms with Crippen LogP contribution in [0, 0.1) is 19.7 Å². The van der Waals surface area contributed by atoms with Crippen LogP contribution in [0.5, 0.6) is 0 Å². The Morgan fingerprint density at radius 3 is 2.37 bits per heavy atom. The molecule has 0 atom stereocenters. The number of oxazole rings is 1. The molecule has 160 valence electrons. The number of ether oxygens (including phenoxy) is 1. The van der Waals surface area contributed by atoms with E-state index in [9.17, 15) is 14.0 Å². The largest absolute Gasteiger partial charge is 0.445 e. The number of benzene rings is 1. The van der Waals surface area contributed by atoms with Crippen LogP contribution in [0.15, 0.2) is 22.6 Å². The molecule has 2 saturated heterocycles. The van der Waals surface area contributed by atoms with E-state index >= 15 is 0 Å². The molecule has 7 nitrogen and oxygen atoms in total. The summed E-state index contributed by atoms with van der Waals surface area (Å²) in [5, 5.41) is 0. The Morgan fingerprint density at radius 1 is 1.03 bits per heavy atom. The fourth-order valence-electron chi connectivity index (χ4n) is 3.94. The van der Waals surface area contributed by atoms with Crippen LogP contribution in [0.3, 0.4) is 0 Å². The van der Waals surface area contributed by atoms with E-state index in [1.54, 1.807) is 35.8 Å². The van der Waals surface area contributed by atoms with Gasteiger partial charge in [0, 0.05) is 37.7 Å². The minimum atomic E-state index is -0.372. The number of piperidine rings is 1. The number of likely N-dealkylation sites (tertiary alicyclic amines) is 1. The molecular formula is C22H26FN3O4. The number of morpholine rings is 1. The van der Waals surface area contributed by atoms with Crippen LogP contribution in [0.1, 0.15) is 56.8 Å². The predicted molar refractivity (Wildman–Crippen MR) is 107 cm³/mol. The molecular weight excluding hydrogens is 389 g/mol. The normalized spacial score (nSPS) is 18.0. The van der Waals surface area contributed by atoms with Crippen molar-refractivity contribution >= 4 is 11.8 Å². The van der Waals surface area contributed by atoms with Crippen molar-refractivity contribution in [3.8, 4) is 0 Å². The second-order valence-corrected chi connectivity index (χ2v) is 7.89. The lowest BCUT2D eigenvalue weighted by Gasteiger charge is -2.30. The van der Waals surface area contributed by atoms with Crippen LogP contribution in [0.4, 0.5) is 4.39 Å². The maximum atomic E-state index is 13.8. The molecule has 0 N–H and O–H groups in total. The average molecular weight is 415 g/mol. The van der Waals surface area contributed by atoms with Gasteiger partial charge in [-0.2, -0.15) is 0 Å². The molecule has 8 heteroatoms. The summed E-state index contributed by atoms with van der Waals surface area (Å²) in [5.74, 6) is 0.462. The highest BCUT2D eigenvalue weighted by Crippen LogP contribution is 2.30. The SMILES string of the molecule is Cc1ccc(C(=O)N2CCC(c3nc(C(=O)N4CCOCC4)c(C)o3)CC2)cc1F. The molecule has 0 aliphatic carbocycles. The van der Waals surface area contributed by atoms with Gasteiger partial charge in [-0.15, -0.1) is 0 Å². The average Bonchev–Trinajstić information content (AvgIpc) is 3.17. The van der Waals surface area contributed by atoms with Gasteiger partial charge in [-0.05, 0) is 44.4 Å². The summed E-state index contributed by atoms with van der Waals surface area (Å²) in [6, 6.07) is 4.58. The minimum absolute atomic E-state index is 0.0498. The smallest absolute Gasteiger partial charge is 0.276 e. The molecule has 0 saturated carbocycles. The van der Waals surface area contributed by atoms with Crippen molar-refractivity contribution in [2.75, 3.05) is 39.4 Å². The first kappa shape index (κ1) is 20.5. The monoisotopic (exact) mass is 415 g/mol. The Labute approximate surface area is 174 Å². The van der Waals surface area contributed by atoms with Crippen LogP contribution in [-0.2, 0) is 4.74 Å². The fraction of sp³-hybridized carbons (Fsp3) is 0.500. The van der Waals surface area contributed by atoms with Gasteiger partial charge < -0.3 is 19.0 Å². The molecule has 2 amide bonds. The van der Waals surface area contributed by atoms with Gasteiger partial charge >= 0.3 is 0 Å². The number of aromatic nitrogens is 1. The van der Waals surface area contributed by atoms with Crippen LogP contribution < -0.4 is 0 Å². The predicted octanol–water partition coefficient (Wildman–Crippen LogP) is 2.92. The first-order valence-corrected chi connectivity index (χ1v) is 10.3. The van der Waals surface area contributed by atoms with E-state index in [1.165, 1.54) is 6.07 Å². The molecule has 1 aromatic heterocycles. The molecule has 4 rings (SSSR count). The first-order chi connectivity index (χ1) is 14.4.